The molecule has 0 spiro atoms. The third-order valence-electron chi connectivity index (χ3n) is 4.30. The number of nitrogens with one attached hydrogen (secondary N) is 1. The van der Waals surface area contributed by atoms with Gasteiger partial charge in [-0.2, -0.15) is 0 Å². The minimum absolute atomic E-state index is 0.178. The van der Waals surface area contributed by atoms with Crippen molar-refractivity contribution in [2.24, 2.45) is 0 Å². The number of benzene rings is 1. The van der Waals surface area contributed by atoms with Crippen molar-refractivity contribution < 1.29 is 9.47 Å². The van der Waals surface area contributed by atoms with Crippen molar-refractivity contribution in [3.63, 3.8) is 0 Å². The molecule has 2 aliphatic rings. The normalized spacial score (nSPS) is 23.4. The average molecular weight is 275 g/mol. The molecule has 110 valence electrons. The van der Waals surface area contributed by atoms with Crippen LogP contribution in [0.2, 0.25) is 0 Å². The van der Waals surface area contributed by atoms with Crippen molar-refractivity contribution in [1.82, 2.24) is 5.32 Å². The molecular formula is C17H25NO2. The first-order chi connectivity index (χ1) is 9.55. The van der Waals surface area contributed by atoms with Crippen LogP contribution < -0.4 is 5.32 Å². The van der Waals surface area contributed by atoms with Crippen LogP contribution in [0, 0.1) is 0 Å². The summed E-state index contributed by atoms with van der Waals surface area (Å²) < 4.78 is 11.3. The van der Waals surface area contributed by atoms with Gasteiger partial charge < -0.3 is 14.8 Å². The van der Waals surface area contributed by atoms with Crippen LogP contribution in [0.25, 0.3) is 0 Å². The first kappa shape index (κ1) is 14.1. The lowest BCUT2D eigenvalue weighted by atomic mass is 9.81. The van der Waals surface area contributed by atoms with E-state index < -0.39 is 0 Å². The molecule has 0 amide bonds. The van der Waals surface area contributed by atoms with Crippen molar-refractivity contribution in [1.29, 1.82) is 0 Å². The first-order valence-corrected chi connectivity index (χ1v) is 7.61. The van der Waals surface area contributed by atoms with Crippen LogP contribution >= 0.6 is 0 Å². The quantitative estimate of drug-likeness (QED) is 0.855. The fourth-order valence-corrected chi connectivity index (χ4v) is 3.02. The Kier molecular flexibility index (Phi) is 3.85. The fourth-order valence-electron chi connectivity index (χ4n) is 3.02. The second-order valence-electron chi connectivity index (χ2n) is 6.84. The monoisotopic (exact) mass is 275 g/mol. The molecule has 0 aromatic heterocycles. The number of hydrogen-bond donors (Lipinski definition) is 1. The molecule has 0 radical (unpaired) electrons. The number of hydrogen-bond acceptors (Lipinski definition) is 3. The molecule has 3 heteroatoms. The van der Waals surface area contributed by atoms with Gasteiger partial charge in [0.1, 0.15) is 0 Å². The predicted octanol–water partition coefficient (Wildman–Crippen LogP) is 2.72. The van der Waals surface area contributed by atoms with Crippen LogP contribution in [-0.4, -0.2) is 26.4 Å². The topological polar surface area (TPSA) is 30.5 Å². The van der Waals surface area contributed by atoms with Crippen LogP contribution in [0.3, 0.4) is 0 Å². The molecule has 1 N–H and O–H groups in total. The van der Waals surface area contributed by atoms with Gasteiger partial charge in [0.2, 0.25) is 0 Å². The maximum Gasteiger partial charge on any atom is 0.0722 e. The highest BCUT2D eigenvalue weighted by molar-refractivity contribution is 5.44. The van der Waals surface area contributed by atoms with Crippen molar-refractivity contribution in [3.8, 4) is 0 Å². The van der Waals surface area contributed by atoms with E-state index >= 15 is 0 Å². The second kappa shape index (κ2) is 5.47. The summed E-state index contributed by atoms with van der Waals surface area (Å²) in [5.41, 5.74) is 5.82. The Balaban J connectivity index is 2.05. The minimum Gasteiger partial charge on any atom is -0.378 e. The maximum absolute atomic E-state index is 5.68. The van der Waals surface area contributed by atoms with Crippen molar-refractivity contribution in [3.05, 3.63) is 34.4 Å². The van der Waals surface area contributed by atoms with Gasteiger partial charge >= 0.3 is 0 Å². The van der Waals surface area contributed by atoms with Gasteiger partial charge in [-0.1, -0.05) is 32.9 Å². The standard InChI is InChI=1S/C17H25NO2/c1-17(2,3)13-8-12-4-6-19-10-15(12)14(9-13)16-11-20-7-5-18-16/h8-9,16,18H,4-7,10-11H2,1-3H3/t16-/m1/s1. The Bertz CT molecular complexity index is 484. The van der Waals surface area contributed by atoms with E-state index in [9.17, 15) is 0 Å². The van der Waals surface area contributed by atoms with E-state index in [0.717, 1.165) is 39.4 Å². The summed E-state index contributed by atoms with van der Waals surface area (Å²) in [6, 6.07) is 5.05. The molecule has 0 saturated carbocycles. The van der Waals surface area contributed by atoms with E-state index in [-0.39, 0.29) is 5.41 Å². The molecular weight excluding hydrogens is 250 g/mol. The largest absolute Gasteiger partial charge is 0.378 e. The van der Waals surface area contributed by atoms with Crippen LogP contribution in [0.1, 0.15) is 49.1 Å². The van der Waals surface area contributed by atoms with Crippen molar-refractivity contribution in [2.45, 2.75) is 45.3 Å². The molecule has 1 saturated heterocycles. The second-order valence-corrected chi connectivity index (χ2v) is 6.84. The molecule has 20 heavy (non-hydrogen) atoms. The van der Waals surface area contributed by atoms with Gasteiger partial charge in [0, 0.05) is 6.54 Å². The zero-order chi connectivity index (χ0) is 14.2. The van der Waals surface area contributed by atoms with E-state index in [1.165, 1.54) is 22.3 Å². The van der Waals surface area contributed by atoms with E-state index in [2.05, 4.69) is 38.2 Å². The van der Waals surface area contributed by atoms with E-state index in [4.69, 9.17) is 9.47 Å². The molecule has 0 aliphatic carbocycles. The zero-order valence-electron chi connectivity index (χ0n) is 12.8. The Hall–Kier alpha value is -0.900. The highest BCUT2D eigenvalue weighted by atomic mass is 16.5. The van der Waals surface area contributed by atoms with Crippen LogP contribution in [0.15, 0.2) is 12.1 Å². The molecule has 1 aromatic rings. The summed E-state index contributed by atoms with van der Waals surface area (Å²) in [4.78, 5) is 0. The molecule has 3 nitrogen and oxygen atoms in total. The molecule has 2 aliphatic heterocycles. The number of ether oxygens (including phenoxy) is 2. The highest BCUT2D eigenvalue weighted by Crippen LogP contribution is 2.33. The summed E-state index contributed by atoms with van der Waals surface area (Å²) in [7, 11) is 0. The summed E-state index contributed by atoms with van der Waals surface area (Å²) >= 11 is 0. The number of morpholine rings is 1. The average Bonchev–Trinajstić information content (AvgIpc) is 2.46. The van der Waals surface area contributed by atoms with Crippen LogP contribution in [-0.2, 0) is 27.9 Å². The fraction of sp³-hybridized carbons (Fsp3) is 0.647. The van der Waals surface area contributed by atoms with Crippen LogP contribution in [0.4, 0.5) is 0 Å². The summed E-state index contributed by atoms with van der Waals surface area (Å²) in [6.07, 6.45) is 1.03. The Morgan fingerprint density at radius 3 is 2.70 bits per heavy atom. The van der Waals surface area contributed by atoms with Gasteiger partial charge in [-0.05, 0) is 34.1 Å². The van der Waals surface area contributed by atoms with Gasteiger partial charge in [-0.25, -0.2) is 0 Å². The predicted molar refractivity (Wildman–Crippen MR) is 80.1 cm³/mol. The maximum atomic E-state index is 5.68. The summed E-state index contributed by atoms with van der Waals surface area (Å²) in [5.74, 6) is 0. The molecule has 1 aromatic carbocycles. The minimum atomic E-state index is 0.178. The Labute approximate surface area is 121 Å². The van der Waals surface area contributed by atoms with Crippen molar-refractivity contribution in [2.75, 3.05) is 26.4 Å². The lowest BCUT2D eigenvalue weighted by Gasteiger charge is -2.31. The molecule has 1 fully saturated rings. The third-order valence-corrected chi connectivity index (χ3v) is 4.30. The molecule has 3 rings (SSSR count). The smallest absolute Gasteiger partial charge is 0.0722 e. The lowest BCUT2D eigenvalue weighted by Crippen LogP contribution is -2.36. The van der Waals surface area contributed by atoms with Crippen molar-refractivity contribution >= 4 is 0 Å². The van der Waals surface area contributed by atoms with E-state index in [0.29, 0.717) is 6.04 Å². The summed E-state index contributed by atoms with van der Waals surface area (Å²) in [5, 5.41) is 3.58. The molecule has 1 atom stereocenters. The van der Waals surface area contributed by atoms with E-state index in [1.807, 2.05) is 0 Å². The lowest BCUT2D eigenvalue weighted by molar-refractivity contribution is 0.0735. The Morgan fingerprint density at radius 2 is 2.00 bits per heavy atom. The van der Waals surface area contributed by atoms with Gasteiger partial charge in [-0.3, -0.25) is 0 Å². The third kappa shape index (κ3) is 2.76. The molecule has 0 unspecified atom stereocenters. The van der Waals surface area contributed by atoms with Crippen LogP contribution in [0.5, 0.6) is 0 Å². The SMILES string of the molecule is CC(C)(C)c1cc2c(c([C@H]3COCCN3)c1)COCC2. The number of fused-ring (bicyclic) bond motifs is 1. The summed E-state index contributed by atoms with van der Waals surface area (Å²) in [6.45, 7) is 10.9. The van der Waals surface area contributed by atoms with Gasteiger partial charge in [0.15, 0.2) is 0 Å². The zero-order valence-corrected chi connectivity index (χ0v) is 12.8. The first-order valence-electron chi connectivity index (χ1n) is 7.61. The van der Waals surface area contributed by atoms with Gasteiger partial charge in [0.05, 0.1) is 32.5 Å². The Morgan fingerprint density at radius 1 is 1.15 bits per heavy atom. The molecule has 0 bridgehead atoms. The van der Waals surface area contributed by atoms with Gasteiger partial charge in [0.25, 0.3) is 0 Å². The van der Waals surface area contributed by atoms with E-state index in [1.54, 1.807) is 0 Å². The number of rotatable bonds is 1. The highest BCUT2D eigenvalue weighted by Gasteiger charge is 2.25. The van der Waals surface area contributed by atoms with Gasteiger partial charge in [-0.15, -0.1) is 0 Å². The molecule has 2 heterocycles.